The summed E-state index contributed by atoms with van der Waals surface area (Å²) in [6.45, 7) is 2.20. The summed E-state index contributed by atoms with van der Waals surface area (Å²) in [6, 6.07) is 2.33. The second-order valence-corrected chi connectivity index (χ2v) is 5.55. The van der Waals surface area contributed by atoms with Gasteiger partial charge in [0, 0.05) is 18.2 Å². The van der Waals surface area contributed by atoms with E-state index in [9.17, 15) is 14.5 Å². The van der Waals surface area contributed by atoms with Gasteiger partial charge >= 0.3 is 0 Å². The predicted molar refractivity (Wildman–Crippen MR) is 73.1 cm³/mol. The lowest BCUT2D eigenvalue weighted by Crippen LogP contribution is -2.25. The molecule has 4 nitrogen and oxygen atoms in total. The van der Waals surface area contributed by atoms with Gasteiger partial charge in [-0.05, 0) is 31.6 Å². The lowest BCUT2D eigenvalue weighted by molar-refractivity contribution is -0.384. The van der Waals surface area contributed by atoms with E-state index < -0.39 is 10.7 Å². The highest BCUT2D eigenvalue weighted by atomic mass is 35.5. The van der Waals surface area contributed by atoms with Crippen LogP contribution in [0, 0.1) is 21.8 Å². The van der Waals surface area contributed by atoms with Crippen LogP contribution in [0.5, 0.6) is 0 Å². The van der Waals surface area contributed by atoms with Crippen LogP contribution in [0.15, 0.2) is 12.1 Å². The first kappa shape index (κ1) is 14.1. The molecule has 1 aromatic carbocycles. The average molecular weight is 287 g/mol. The van der Waals surface area contributed by atoms with E-state index in [0.717, 1.165) is 37.8 Å². The van der Waals surface area contributed by atoms with Crippen LogP contribution in [0.4, 0.5) is 15.8 Å². The molecule has 2 rings (SSSR count). The van der Waals surface area contributed by atoms with Crippen molar-refractivity contribution in [3.63, 3.8) is 0 Å². The Bertz CT molecular complexity index is 488. The standard InChI is InChI=1S/C13H16ClFN2O2/c1-8-2-4-9(5-3-8)16-12-7-11(15)10(14)6-13(12)17(18)19/h6-9,16H,2-5H2,1H3. The fraction of sp³-hybridized carbons (Fsp3) is 0.538. The molecule has 0 saturated heterocycles. The molecule has 0 atom stereocenters. The smallest absolute Gasteiger partial charge is 0.294 e. The third-order valence-corrected chi connectivity index (χ3v) is 3.90. The molecule has 0 heterocycles. The van der Waals surface area contributed by atoms with Crippen LogP contribution in [0.1, 0.15) is 32.6 Å². The van der Waals surface area contributed by atoms with E-state index in [1.807, 2.05) is 0 Å². The zero-order valence-corrected chi connectivity index (χ0v) is 11.4. The molecule has 1 saturated carbocycles. The van der Waals surface area contributed by atoms with Gasteiger partial charge in [0.25, 0.3) is 5.69 Å². The summed E-state index contributed by atoms with van der Waals surface area (Å²) in [6.07, 6.45) is 4.06. The number of anilines is 1. The van der Waals surface area contributed by atoms with Gasteiger partial charge in [-0.3, -0.25) is 10.1 Å². The first-order chi connectivity index (χ1) is 8.97. The minimum absolute atomic E-state index is 0.162. The molecule has 19 heavy (non-hydrogen) atoms. The van der Waals surface area contributed by atoms with Crippen LogP contribution in [0.2, 0.25) is 5.02 Å². The average Bonchev–Trinajstić information content (AvgIpc) is 2.36. The Balaban J connectivity index is 2.19. The minimum atomic E-state index is -0.640. The number of nitro benzene ring substituents is 1. The zero-order valence-electron chi connectivity index (χ0n) is 10.7. The van der Waals surface area contributed by atoms with Gasteiger partial charge in [-0.15, -0.1) is 0 Å². The Labute approximate surface area is 116 Å². The molecule has 6 heteroatoms. The first-order valence-electron chi connectivity index (χ1n) is 6.37. The fourth-order valence-electron chi connectivity index (χ4n) is 2.43. The van der Waals surface area contributed by atoms with Crippen molar-refractivity contribution in [2.24, 2.45) is 5.92 Å². The summed E-state index contributed by atoms with van der Waals surface area (Å²) in [5.74, 6) is 0.0499. The maximum absolute atomic E-state index is 13.4. The van der Waals surface area contributed by atoms with Gasteiger partial charge in [0.05, 0.1) is 9.95 Å². The van der Waals surface area contributed by atoms with E-state index in [4.69, 9.17) is 11.6 Å². The molecule has 1 N–H and O–H groups in total. The van der Waals surface area contributed by atoms with Crippen molar-refractivity contribution < 1.29 is 9.31 Å². The van der Waals surface area contributed by atoms with Crippen molar-refractivity contribution >= 4 is 23.0 Å². The van der Waals surface area contributed by atoms with Gasteiger partial charge in [0.1, 0.15) is 11.5 Å². The van der Waals surface area contributed by atoms with Crippen molar-refractivity contribution in [3.05, 3.63) is 33.1 Å². The van der Waals surface area contributed by atoms with E-state index in [-0.39, 0.29) is 22.4 Å². The Kier molecular flexibility index (Phi) is 4.24. The van der Waals surface area contributed by atoms with Crippen LogP contribution in [0.25, 0.3) is 0 Å². The van der Waals surface area contributed by atoms with Crippen LogP contribution in [0.3, 0.4) is 0 Å². The number of benzene rings is 1. The molecule has 0 amide bonds. The minimum Gasteiger partial charge on any atom is -0.377 e. The largest absolute Gasteiger partial charge is 0.377 e. The first-order valence-corrected chi connectivity index (χ1v) is 6.75. The van der Waals surface area contributed by atoms with Crippen LogP contribution in [-0.4, -0.2) is 11.0 Å². The molecule has 1 fully saturated rings. The van der Waals surface area contributed by atoms with Crippen LogP contribution in [-0.2, 0) is 0 Å². The molecule has 1 aliphatic carbocycles. The monoisotopic (exact) mass is 286 g/mol. The number of nitrogens with one attached hydrogen (secondary N) is 1. The van der Waals surface area contributed by atoms with E-state index in [1.54, 1.807) is 0 Å². The van der Waals surface area contributed by atoms with Gasteiger partial charge in [-0.1, -0.05) is 18.5 Å². The summed E-state index contributed by atoms with van der Waals surface area (Å²) in [4.78, 5) is 10.4. The molecule has 0 spiro atoms. The molecule has 0 unspecified atom stereocenters. The van der Waals surface area contributed by atoms with Crippen molar-refractivity contribution in [3.8, 4) is 0 Å². The molecule has 1 aliphatic rings. The summed E-state index contributed by atoms with van der Waals surface area (Å²) >= 11 is 5.58. The third kappa shape index (κ3) is 3.35. The number of halogens is 2. The van der Waals surface area contributed by atoms with E-state index in [0.29, 0.717) is 5.92 Å². The zero-order chi connectivity index (χ0) is 14.0. The Hall–Kier alpha value is -1.36. The number of nitro groups is 1. The van der Waals surface area contributed by atoms with Gasteiger partial charge in [0.2, 0.25) is 0 Å². The summed E-state index contributed by atoms with van der Waals surface area (Å²) < 4.78 is 13.4. The third-order valence-electron chi connectivity index (χ3n) is 3.61. The Morgan fingerprint density at radius 1 is 1.37 bits per heavy atom. The number of rotatable bonds is 3. The summed E-state index contributed by atoms with van der Waals surface area (Å²) in [5, 5.41) is 13.8. The quantitative estimate of drug-likeness (QED) is 0.663. The van der Waals surface area contributed by atoms with E-state index in [2.05, 4.69) is 12.2 Å². The molecule has 0 bridgehead atoms. The maximum atomic E-state index is 13.4. The normalized spacial score (nSPS) is 23.1. The van der Waals surface area contributed by atoms with Crippen LogP contribution < -0.4 is 5.32 Å². The van der Waals surface area contributed by atoms with Gasteiger partial charge in [0.15, 0.2) is 0 Å². The van der Waals surface area contributed by atoms with E-state index >= 15 is 0 Å². The predicted octanol–water partition coefficient (Wildman–Crippen LogP) is 4.38. The molecule has 0 radical (unpaired) electrons. The fourth-order valence-corrected chi connectivity index (χ4v) is 2.59. The molecule has 0 aliphatic heterocycles. The second kappa shape index (κ2) is 5.74. The van der Waals surface area contributed by atoms with Crippen molar-refractivity contribution in [2.45, 2.75) is 38.6 Å². The molecule has 1 aromatic rings. The highest BCUT2D eigenvalue weighted by Gasteiger charge is 2.23. The van der Waals surface area contributed by atoms with Gasteiger partial charge in [-0.25, -0.2) is 4.39 Å². The lowest BCUT2D eigenvalue weighted by Gasteiger charge is -2.27. The lowest BCUT2D eigenvalue weighted by atomic mass is 9.87. The summed E-state index contributed by atoms with van der Waals surface area (Å²) in [5.41, 5.74) is 0.0384. The topological polar surface area (TPSA) is 55.2 Å². The number of hydrogen-bond acceptors (Lipinski definition) is 3. The van der Waals surface area contributed by atoms with Crippen LogP contribution >= 0.6 is 11.6 Å². The molecule has 104 valence electrons. The maximum Gasteiger partial charge on any atom is 0.294 e. The number of nitrogens with zero attached hydrogens (tertiary/aromatic N) is 1. The highest BCUT2D eigenvalue weighted by molar-refractivity contribution is 6.31. The molecule has 0 aromatic heterocycles. The molecular weight excluding hydrogens is 271 g/mol. The van der Waals surface area contributed by atoms with Crippen molar-refractivity contribution in [2.75, 3.05) is 5.32 Å². The second-order valence-electron chi connectivity index (χ2n) is 5.14. The number of hydrogen-bond donors (Lipinski definition) is 1. The van der Waals surface area contributed by atoms with E-state index in [1.165, 1.54) is 0 Å². The SMILES string of the molecule is CC1CCC(Nc2cc(F)c(Cl)cc2[N+](=O)[O-])CC1. The highest BCUT2D eigenvalue weighted by Crippen LogP contribution is 2.33. The Morgan fingerprint density at radius 3 is 2.58 bits per heavy atom. The van der Waals surface area contributed by atoms with Crippen molar-refractivity contribution in [1.82, 2.24) is 0 Å². The summed E-state index contributed by atoms with van der Waals surface area (Å²) in [7, 11) is 0. The molecular formula is C13H16ClFN2O2. The Morgan fingerprint density at radius 2 is 2.00 bits per heavy atom. The van der Waals surface area contributed by atoms with Gasteiger partial charge in [-0.2, -0.15) is 0 Å². The van der Waals surface area contributed by atoms with Crippen molar-refractivity contribution in [1.29, 1.82) is 0 Å². The van der Waals surface area contributed by atoms with Gasteiger partial charge < -0.3 is 5.32 Å².